The third-order valence-electron chi connectivity index (χ3n) is 5.50. The molecule has 0 aliphatic carbocycles. The molecular weight excluding hydrogens is 358 g/mol. The Balaban J connectivity index is 1.64. The fraction of sp³-hybridized carbons (Fsp3) is 0.409. The van der Waals surface area contributed by atoms with Crippen LogP contribution in [0.25, 0.3) is 0 Å². The number of nitrogens with one attached hydrogen (secondary N) is 3. The molecule has 0 unspecified atom stereocenters. The number of rotatable bonds is 6. The molecule has 1 fully saturated rings. The Bertz CT molecular complexity index is 737. The van der Waals surface area contributed by atoms with Gasteiger partial charge in [-0.25, -0.2) is 0 Å². The van der Waals surface area contributed by atoms with Crippen LogP contribution in [0.1, 0.15) is 22.7 Å². The van der Waals surface area contributed by atoms with Gasteiger partial charge in [-0.3, -0.25) is 4.79 Å². The summed E-state index contributed by atoms with van der Waals surface area (Å²) in [6.07, 6.45) is 0.389. The van der Waals surface area contributed by atoms with Crippen LogP contribution in [-0.4, -0.2) is 45.7 Å². The minimum Gasteiger partial charge on any atom is -0.349 e. The number of carbonyl (C=O) groups excluding carboxylic acids is 1. The standard InChI is InChI=1S/C22H28ClN3O/c1-17-3-7-19(8-4-17)21(26-13-11-25(2)12-14-26)16-24-22(27)15-18-5-9-20(23)10-6-18/h3-10,21H,11-16H2,1-2H3,(H,24,27)/p+2/t21-/m1/s1. The normalized spacial score (nSPS) is 20.9. The predicted molar refractivity (Wildman–Crippen MR) is 109 cm³/mol. The Kier molecular flexibility index (Phi) is 6.89. The molecule has 3 N–H and O–H groups in total. The van der Waals surface area contributed by atoms with Crippen molar-refractivity contribution in [2.45, 2.75) is 19.4 Å². The smallest absolute Gasteiger partial charge is 0.224 e. The number of carbonyl (C=O) groups is 1. The molecule has 27 heavy (non-hydrogen) atoms. The van der Waals surface area contributed by atoms with E-state index >= 15 is 0 Å². The van der Waals surface area contributed by atoms with Crippen LogP contribution in [0.4, 0.5) is 0 Å². The molecule has 1 saturated heterocycles. The molecule has 1 atom stereocenters. The maximum absolute atomic E-state index is 12.5. The highest BCUT2D eigenvalue weighted by atomic mass is 35.5. The maximum atomic E-state index is 12.5. The van der Waals surface area contributed by atoms with Crippen LogP contribution in [0.2, 0.25) is 5.02 Å². The van der Waals surface area contributed by atoms with E-state index in [0.717, 1.165) is 18.7 Å². The molecule has 0 bridgehead atoms. The molecule has 5 heteroatoms. The molecule has 2 aromatic carbocycles. The van der Waals surface area contributed by atoms with Gasteiger partial charge in [-0.1, -0.05) is 53.6 Å². The van der Waals surface area contributed by atoms with E-state index in [9.17, 15) is 4.79 Å². The van der Waals surface area contributed by atoms with Crippen LogP contribution in [0, 0.1) is 6.92 Å². The molecule has 2 aromatic rings. The van der Waals surface area contributed by atoms with E-state index in [1.807, 2.05) is 24.3 Å². The van der Waals surface area contributed by atoms with E-state index < -0.39 is 0 Å². The molecule has 0 spiro atoms. The van der Waals surface area contributed by atoms with Gasteiger partial charge in [-0.15, -0.1) is 0 Å². The third kappa shape index (κ3) is 5.80. The molecule has 0 saturated carbocycles. The second-order valence-electron chi connectivity index (χ2n) is 7.69. The van der Waals surface area contributed by atoms with E-state index in [0.29, 0.717) is 24.0 Å². The van der Waals surface area contributed by atoms with Crippen molar-refractivity contribution in [1.29, 1.82) is 0 Å². The lowest BCUT2D eigenvalue weighted by molar-refractivity contribution is -1.02. The molecule has 4 nitrogen and oxygen atoms in total. The largest absolute Gasteiger partial charge is 0.349 e. The lowest BCUT2D eigenvalue weighted by Crippen LogP contribution is -3.27. The van der Waals surface area contributed by atoms with Crippen LogP contribution in [-0.2, 0) is 11.2 Å². The van der Waals surface area contributed by atoms with Crippen LogP contribution in [0.15, 0.2) is 48.5 Å². The van der Waals surface area contributed by atoms with Gasteiger partial charge in [0.1, 0.15) is 32.2 Å². The fourth-order valence-electron chi connectivity index (χ4n) is 3.71. The first kappa shape index (κ1) is 19.9. The summed E-state index contributed by atoms with van der Waals surface area (Å²) in [5, 5.41) is 3.86. The van der Waals surface area contributed by atoms with E-state index in [-0.39, 0.29) is 5.91 Å². The quantitative estimate of drug-likeness (QED) is 0.662. The Hall–Kier alpha value is -1.88. The summed E-state index contributed by atoms with van der Waals surface area (Å²) in [6.45, 7) is 7.41. The predicted octanol–water partition coefficient (Wildman–Crippen LogP) is 0.462. The highest BCUT2D eigenvalue weighted by molar-refractivity contribution is 6.30. The molecule has 1 amide bonds. The van der Waals surface area contributed by atoms with Gasteiger partial charge in [-0.05, 0) is 24.6 Å². The average molecular weight is 388 g/mol. The molecule has 1 aliphatic heterocycles. The van der Waals surface area contributed by atoms with Crippen LogP contribution in [0.5, 0.6) is 0 Å². The van der Waals surface area contributed by atoms with E-state index in [1.54, 1.807) is 9.80 Å². The molecule has 0 radical (unpaired) electrons. The van der Waals surface area contributed by atoms with Gasteiger partial charge in [-0.2, -0.15) is 0 Å². The summed E-state index contributed by atoms with van der Waals surface area (Å²) in [6, 6.07) is 16.5. The third-order valence-corrected chi connectivity index (χ3v) is 5.75. The van der Waals surface area contributed by atoms with Crippen molar-refractivity contribution in [3.05, 3.63) is 70.2 Å². The lowest BCUT2D eigenvalue weighted by Gasteiger charge is -2.33. The number of halogens is 1. The molecule has 144 valence electrons. The van der Waals surface area contributed by atoms with Gasteiger partial charge in [0.25, 0.3) is 0 Å². The lowest BCUT2D eigenvalue weighted by atomic mass is 10.0. The van der Waals surface area contributed by atoms with Crippen molar-refractivity contribution in [3.63, 3.8) is 0 Å². The molecular formula is C22H30ClN3O+2. The summed E-state index contributed by atoms with van der Waals surface area (Å²) < 4.78 is 0. The summed E-state index contributed by atoms with van der Waals surface area (Å²) >= 11 is 5.92. The van der Waals surface area contributed by atoms with E-state index in [1.165, 1.54) is 24.2 Å². The highest BCUT2D eigenvalue weighted by Crippen LogP contribution is 2.12. The zero-order valence-electron chi connectivity index (χ0n) is 16.2. The number of hydrogen-bond acceptors (Lipinski definition) is 1. The van der Waals surface area contributed by atoms with Crippen molar-refractivity contribution < 1.29 is 14.6 Å². The van der Waals surface area contributed by atoms with Crippen molar-refractivity contribution in [3.8, 4) is 0 Å². The number of piperazine rings is 1. The van der Waals surface area contributed by atoms with Crippen molar-refractivity contribution in [2.24, 2.45) is 0 Å². The average Bonchev–Trinajstić information content (AvgIpc) is 2.66. The van der Waals surface area contributed by atoms with Crippen molar-refractivity contribution >= 4 is 17.5 Å². The van der Waals surface area contributed by atoms with Gasteiger partial charge < -0.3 is 15.1 Å². The van der Waals surface area contributed by atoms with Crippen LogP contribution < -0.4 is 15.1 Å². The number of amides is 1. The number of benzene rings is 2. The summed E-state index contributed by atoms with van der Waals surface area (Å²) in [5.74, 6) is 0.0635. The zero-order chi connectivity index (χ0) is 19.2. The SMILES string of the molecule is Cc1ccc([C@@H](CNC(=O)Cc2ccc(Cl)cc2)[NH+]2CC[NH+](C)CC2)cc1. The summed E-state index contributed by atoms with van der Waals surface area (Å²) in [7, 11) is 2.26. The number of likely N-dealkylation sites (N-methyl/N-ethyl adjacent to an activating group) is 1. The molecule has 0 aromatic heterocycles. The number of quaternary nitrogens is 2. The van der Waals surface area contributed by atoms with Crippen molar-refractivity contribution in [2.75, 3.05) is 39.8 Å². The number of hydrogen-bond donors (Lipinski definition) is 3. The number of aryl methyl sites for hydroxylation is 1. The Labute approximate surface area is 167 Å². The van der Waals surface area contributed by atoms with E-state index in [2.05, 4.69) is 43.6 Å². The first-order valence-corrected chi connectivity index (χ1v) is 10.1. The molecule has 1 aliphatic rings. The highest BCUT2D eigenvalue weighted by Gasteiger charge is 2.29. The maximum Gasteiger partial charge on any atom is 0.224 e. The van der Waals surface area contributed by atoms with E-state index in [4.69, 9.17) is 11.6 Å². The first-order chi connectivity index (χ1) is 13.0. The minimum absolute atomic E-state index is 0.0635. The van der Waals surface area contributed by atoms with Crippen LogP contribution >= 0.6 is 11.6 Å². The fourth-order valence-corrected chi connectivity index (χ4v) is 3.84. The van der Waals surface area contributed by atoms with Gasteiger partial charge in [0, 0.05) is 10.6 Å². The summed E-state index contributed by atoms with van der Waals surface area (Å²) in [5.41, 5.74) is 3.56. The Morgan fingerprint density at radius 2 is 1.67 bits per heavy atom. The van der Waals surface area contributed by atoms with Crippen molar-refractivity contribution in [1.82, 2.24) is 5.32 Å². The topological polar surface area (TPSA) is 38.0 Å². The van der Waals surface area contributed by atoms with Gasteiger partial charge in [0.15, 0.2) is 0 Å². The van der Waals surface area contributed by atoms with Crippen LogP contribution in [0.3, 0.4) is 0 Å². The Morgan fingerprint density at radius 3 is 2.30 bits per heavy atom. The zero-order valence-corrected chi connectivity index (χ0v) is 17.0. The summed E-state index contributed by atoms with van der Waals surface area (Å²) in [4.78, 5) is 15.6. The Morgan fingerprint density at radius 1 is 1.04 bits per heavy atom. The van der Waals surface area contributed by atoms with Gasteiger partial charge in [0.2, 0.25) is 5.91 Å². The first-order valence-electron chi connectivity index (χ1n) is 9.75. The second-order valence-corrected chi connectivity index (χ2v) is 8.12. The molecule has 1 heterocycles. The minimum atomic E-state index is 0.0635. The molecule has 3 rings (SSSR count). The van der Waals surface area contributed by atoms with Gasteiger partial charge >= 0.3 is 0 Å². The van der Waals surface area contributed by atoms with Gasteiger partial charge in [0.05, 0.1) is 20.0 Å². The second kappa shape index (κ2) is 9.36. The monoisotopic (exact) mass is 387 g/mol.